The van der Waals surface area contributed by atoms with E-state index in [9.17, 15) is 5.26 Å². The molecule has 0 aliphatic heterocycles. The summed E-state index contributed by atoms with van der Waals surface area (Å²) in [5.74, 6) is 0. The molecule has 5 heteroatoms. The molecular weight excluding hydrogens is 332 g/mol. The van der Waals surface area contributed by atoms with Crippen LogP contribution in [0.1, 0.15) is 28.1 Å². The number of aryl methyl sites for hydroxylation is 1. The SMILES string of the molecule is Cc1nn(Cc2ccccc2C#N)c(C)c1-c1ccc(C#N)c(Cl)c1. The fourth-order valence-electron chi connectivity index (χ4n) is 2.96. The minimum Gasteiger partial charge on any atom is -0.264 e. The Morgan fingerprint density at radius 1 is 1.04 bits per heavy atom. The van der Waals surface area contributed by atoms with E-state index in [0.29, 0.717) is 22.7 Å². The van der Waals surface area contributed by atoms with Gasteiger partial charge in [0.2, 0.25) is 0 Å². The third-order valence-electron chi connectivity index (χ3n) is 4.22. The molecule has 0 aliphatic rings. The molecule has 3 aromatic rings. The molecule has 0 saturated carbocycles. The highest BCUT2D eigenvalue weighted by molar-refractivity contribution is 6.32. The number of hydrogen-bond donors (Lipinski definition) is 0. The predicted molar refractivity (Wildman–Crippen MR) is 97.1 cm³/mol. The summed E-state index contributed by atoms with van der Waals surface area (Å²) in [6, 6.07) is 17.2. The summed E-state index contributed by atoms with van der Waals surface area (Å²) in [5.41, 5.74) is 5.84. The fourth-order valence-corrected chi connectivity index (χ4v) is 3.18. The average Bonchev–Trinajstić information content (AvgIpc) is 2.89. The molecule has 0 bridgehead atoms. The molecule has 1 aromatic heterocycles. The van der Waals surface area contributed by atoms with E-state index in [0.717, 1.165) is 28.1 Å². The third-order valence-corrected chi connectivity index (χ3v) is 4.53. The van der Waals surface area contributed by atoms with E-state index in [1.807, 2.05) is 48.9 Å². The number of aromatic nitrogens is 2. The highest BCUT2D eigenvalue weighted by atomic mass is 35.5. The van der Waals surface area contributed by atoms with Crippen molar-refractivity contribution in [2.45, 2.75) is 20.4 Å². The van der Waals surface area contributed by atoms with Gasteiger partial charge in [0.15, 0.2) is 0 Å². The van der Waals surface area contributed by atoms with Crippen LogP contribution in [0.25, 0.3) is 11.1 Å². The van der Waals surface area contributed by atoms with Crippen molar-refractivity contribution < 1.29 is 0 Å². The first kappa shape index (κ1) is 16.8. The maximum atomic E-state index is 9.26. The smallest absolute Gasteiger partial charge is 0.101 e. The number of benzene rings is 2. The first-order valence-corrected chi connectivity index (χ1v) is 8.15. The zero-order chi connectivity index (χ0) is 18.0. The number of rotatable bonds is 3. The van der Waals surface area contributed by atoms with Gasteiger partial charge in [-0.3, -0.25) is 4.68 Å². The summed E-state index contributed by atoms with van der Waals surface area (Å²) in [6.07, 6.45) is 0. The topological polar surface area (TPSA) is 65.4 Å². The van der Waals surface area contributed by atoms with Crippen molar-refractivity contribution in [3.8, 4) is 23.3 Å². The Labute approximate surface area is 151 Å². The first-order valence-electron chi connectivity index (χ1n) is 7.77. The van der Waals surface area contributed by atoms with Crippen molar-refractivity contribution >= 4 is 11.6 Å². The molecule has 0 amide bonds. The molecule has 4 nitrogen and oxygen atoms in total. The Hall–Kier alpha value is -3.08. The van der Waals surface area contributed by atoms with E-state index in [2.05, 4.69) is 17.2 Å². The number of nitriles is 2. The van der Waals surface area contributed by atoms with E-state index < -0.39 is 0 Å². The molecular formula is C20H15ClN4. The Morgan fingerprint density at radius 3 is 2.44 bits per heavy atom. The average molecular weight is 347 g/mol. The van der Waals surface area contributed by atoms with Gasteiger partial charge >= 0.3 is 0 Å². The number of nitrogens with zero attached hydrogens (tertiary/aromatic N) is 4. The van der Waals surface area contributed by atoms with Crippen LogP contribution in [0.4, 0.5) is 0 Å². The van der Waals surface area contributed by atoms with E-state index >= 15 is 0 Å². The van der Waals surface area contributed by atoms with Crippen molar-refractivity contribution in [3.05, 3.63) is 75.6 Å². The maximum absolute atomic E-state index is 9.26. The minimum absolute atomic E-state index is 0.432. The van der Waals surface area contributed by atoms with Crippen LogP contribution in [0, 0.1) is 36.5 Å². The highest BCUT2D eigenvalue weighted by Crippen LogP contribution is 2.30. The molecule has 0 fully saturated rings. The van der Waals surface area contributed by atoms with Gasteiger partial charge in [0.1, 0.15) is 6.07 Å². The molecule has 0 N–H and O–H groups in total. The Bertz CT molecular complexity index is 1030. The lowest BCUT2D eigenvalue weighted by Gasteiger charge is -2.08. The highest BCUT2D eigenvalue weighted by Gasteiger charge is 2.15. The van der Waals surface area contributed by atoms with Crippen LogP contribution in [-0.4, -0.2) is 9.78 Å². The molecule has 0 spiro atoms. The molecule has 122 valence electrons. The molecule has 0 aliphatic carbocycles. The fraction of sp³-hybridized carbons (Fsp3) is 0.150. The Kier molecular flexibility index (Phi) is 4.57. The summed E-state index contributed by atoms with van der Waals surface area (Å²) in [5, 5.41) is 23.4. The van der Waals surface area contributed by atoms with Crippen LogP contribution in [0.15, 0.2) is 42.5 Å². The third kappa shape index (κ3) is 3.13. The summed E-state index contributed by atoms with van der Waals surface area (Å²) >= 11 is 6.17. The van der Waals surface area contributed by atoms with Gasteiger partial charge in [-0.25, -0.2) is 0 Å². The summed E-state index contributed by atoms with van der Waals surface area (Å²) in [4.78, 5) is 0. The lowest BCUT2D eigenvalue weighted by molar-refractivity contribution is 0.658. The quantitative estimate of drug-likeness (QED) is 0.695. The molecule has 0 saturated heterocycles. The van der Waals surface area contributed by atoms with Crippen molar-refractivity contribution in [2.75, 3.05) is 0 Å². The monoisotopic (exact) mass is 346 g/mol. The second kappa shape index (κ2) is 6.81. The second-order valence-electron chi connectivity index (χ2n) is 5.78. The first-order chi connectivity index (χ1) is 12.0. The number of hydrogen-bond acceptors (Lipinski definition) is 3. The van der Waals surface area contributed by atoms with Gasteiger partial charge in [-0.15, -0.1) is 0 Å². The largest absolute Gasteiger partial charge is 0.264 e. The molecule has 1 heterocycles. The molecule has 2 aromatic carbocycles. The van der Waals surface area contributed by atoms with Gasteiger partial charge in [-0.05, 0) is 43.2 Å². The van der Waals surface area contributed by atoms with Crippen LogP contribution < -0.4 is 0 Å². The molecule has 25 heavy (non-hydrogen) atoms. The predicted octanol–water partition coefficient (Wildman–Crippen LogP) is 4.61. The van der Waals surface area contributed by atoms with E-state index in [1.165, 1.54) is 0 Å². The van der Waals surface area contributed by atoms with Crippen molar-refractivity contribution in [3.63, 3.8) is 0 Å². The summed E-state index contributed by atoms with van der Waals surface area (Å²) in [7, 11) is 0. The Balaban J connectivity index is 2.04. The molecule has 0 atom stereocenters. The normalized spacial score (nSPS) is 10.3. The van der Waals surface area contributed by atoms with Gasteiger partial charge in [0.05, 0.1) is 34.5 Å². The van der Waals surface area contributed by atoms with E-state index in [4.69, 9.17) is 16.9 Å². The molecule has 3 rings (SSSR count). The minimum atomic E-state index is 0.432. The van der Waals surface area contributed by atoms with Crippen molar-refractivity contribution in [1.29, 1.82) is 10.5 Å². The second-order valence-corrected chi connectivity index (χ2v) is 6.19. The van der Waals surface area contributed by atoms with Crippen molar-refractivity contribution in [1.82, 2.24) is 9.78 Å². The number of halogens is 1. The van der Waals surface area contributed by atoms with Crippen LogP contribution in [0.3, 0.4) is 0 Å². The van der Waals surface area contributed by atoms with Crippen LogP contribution in [-0.2, 0) is 6.54 Å². The van der Waals surface area contributed by atoms with E-state index in [-0.39, 0.29) is 0 Å². The van der Waals surface area contributed by atoms with Crippen LogP contribution in [0.5, 0.6) is 0 Å². The zero-order valence-corrected chi connectivity index (χ0v) is 14.7. The van der Waals surface area contributed by atoms with Gasteiger partial charge in [-0.2, -0.15) is 15.6 Å². The van der Waals surface area contributed by atoms with Gasteiger partial charge in [-0.1, -0.05) is 35.9 Å². The van der Waals surface area contributed by atoms with Crippen LogP contribution >= 0.6 is 11.6 Å². The van der Waals surface area contributed by atoms with Crippen LogP contribution in [0.2, 0.25) is 5.02 Å². The zero-order valence-electron chi connectivity index (χ0n) is 13.9. The summed E-state index contributed by atoms with van der Waals surface area (Å²) < 4.78 is 1.90. The van der Waals surface area contributed by atoms with Gasteiger partial charge in [0, 0.05) is 11.3 Å². The maximum Gasteiger partial charge on any atom is 0.101 e. The lowest BCUT2D eigenvalue weighted by Crippen LogP contribution is -2.05. The van der Waals surface area contributed by atoms with Gasteiger partial charge in [0.25, 0.3) is 0 Å². The summed E-state index contributed by atoms with van der Waals surface area (Å²) in [6.45, 7) is 4.47. The molecule has 0 unspecified atom stereocenters. The lowest BCUT2D eigenvalue weighted by atomic mass is 10.0. The standard InChI is InChI=1S/C20H15ClN4/c1-13-20(15-7-8-17(11-23)19(21)9-15)14(2)25(24-13)12-18-6-4-3-5-16(18)10-22/h3-9H,12H2,1-2H3. The van der Waals surface area contributed by atoms with Crippen molar-refractivity contribution in [2.24, 2.45) is 0 Å². The molecule has 0 radical (unpaired) electrons. The van der Waals surface area contributed by atoms with E-state index in [1.54, 1.807) is 12.1 Å². The Morgan fingerprint density at radius 2 is 1.76 bits per heavy atom. The van der Waals surface area contributed by atoms with Gasteiger partial charge < -0.3 is 0 Å².